The van der Waals surface area contributed by atoms with Crippen molar-refractivity contribution in [1.29, 1.82) is 0 Å². The fourth-order valence-electron chi connectivity index (χ4n) is 1.09. The molecule has 5 heteroatoms. The number of aromatic nitrogens is 1. The average molecular weight is 211 g/mol. The Labute approximate surface area is 84.9 Å². The van der Waals surface area contributed by atoms with Gasteiger partial charge in [-0.05, 0) is 18.2 Å². The van der Waals surface area contributed by atoms with Gasteiger partial charge in [0, 0.05) is 11.6 Å². The topological polar surface area (TPSA) is 72.3 Å². The maximum atomic E-state index is 9.19. The average Bonchev–Trinajstić information content (AvgIpc) is 2.57. The first kappa shape index (κ1) is 8.90. The van der Waals surface area contributed by atoms with Gasteiger partial charge in [-0.2, -0.15) is 0 Å². The molecule has 0 saturated heterocycles. The van der Waals surface area contributed by atoms with Crippen LogP contribution in [0.4, 0.5) is 5.82 Å². The molecular formula is C9H7ClN2O2. The van der Waals surface area contributed by atoms with Crippen LogP contribution >= 0.6 is 11.6 Å². The van der Waals surface area contributed by atoms with Crippen molar-refractivity contribution in [1.82, 2.24) is 5.16 Å². The van der Waals surface area contributed by atoms with Gasteiger partial charge in [0.1, 0.15) is 5.75 Å². The smallest absolute Gasteiger partial charge is 0.169 e. The largest absolute Gasteiger partial charge is 0.506 e. The van der Waals surface area contributed by atoms with Gasteiger partial charge in [0.25, 0.3) is 0 Å². The summed E-state index contributed by atoms with van der Waals surface area (Å²) in [6.45, 7) is 0. The van der Waals surface area contributed by atoms with Crippen molar-refractivity contribution in [2.24, 2.45) is 0 Å². The molecule has 1 heterocycles. The predicted octanol–water partition coefficient (Wildman–Crippen LogP) is 2.28. The number of benzene rings is 1. The number of nitrogen functional groups attached to an aromatic ring is 1. The molecule has 0 spiro atoms. The highest BCUT2D eigenvalue weighted by atomic mass is 35.5. The zero-order chi connectivity index (χ0) is 10.1. The molecule has 0 aliphatic heterocycles. The van der Waals surface area contributed by atoms with E-state index in [9.17, 15) is 5.11 Å². The molecule has 4 nitrogen and oxygen atoms in total. The standard InChI is InChI=1S/C9H7ClN2O2/c10-6-3-5(1-2-7(6)13)8-4-9(11)12-14-8/h1-4,13H,(H2,11,12). The Morgan fingerprint density at radius 1 is 1.36 bits per heavy atom. The Morgan fingerprint density at radius 2 is 2.14 bits per heavy atom. The third-order valence-electron chi connectivity index (χ3n) is 1.76. The first-order valence-corrected chi connectivity index (χ1v) is 4.25. The van der Waals surface area contributed by atoms with Gasteiger partial charge < -0.3 is 15.4 Å². The summed E-state index contributed by atoms with van der Waals surface area (Å²) in [6, 6.07) is 6.32. The summed E-state index contributed by atoms with van der Waals surface area (Å²) >= 11 is 5.73. The van der Waals surface area contributed by atoms with Crippen LogP contribution in [0.25, 0.3) is 11.3 Å². The van der Waals surface area contributed by atoms with Crippen LogP contribution in [0.1, 0.15) is 0 Å². The minimum atomic E-state index is 0.0305. The monoisotopic (exact) mass is 210 g/mol. The van der Waals surface area contributed by atoms with Crippen LogP contribution in [0.5, 0.6) is 5.75 Å². The predicted molar refractivity (Wildman–Crippen MR) is 53.0 cm³/mol. The molecule has 0 unspecified atom stereocenters. The summed E-state index contributed by atoms with van der Waals surface area (Å²) in [5, 5.41) is 13.0. The molecule has 0 radical (unpaired) electrons. The van der Waals surface area contributed by atoms with Crippen molar-refractivity contribution in [3.63, 3.8) is 0 Å². The van der Waals surface area contributed by atoms with E-state index in [1.807, 2.05) is 0 Å². The van der Waals surface area contributed by atoms with Crippen molar-refractivity contribution >= 4 is 17.4 Å². The lowest BCUT2D eigenvalue weighted by molar-refractivity contribution is 0.435. The van der Waals surface area contributed by atoms with Crippen LogP contribution in [-0.4, -0.2) is 10.3 Å². The first-order chi connectivity index (χ1) is 6.66. The Balaban J connectivity index is 2.47. The molecule has 0 fully saturated rings. The highest BCUT2D eigenvalue weighted by Crippen LogP contribution is 2.29. The van der Waals surface area contributed by atoms with Crippen molar-refractivity contribution in [2.75, 3.05) is 5.73 Å². The minimum Gasteiger partial charge on any atom is -0.506 e. The molecule has 0 amide bonds. The molecule has 3 N–H and O–H groups in total. The number of hydrogen-bond acceptors (Lipinski definition) is 4. The second kappa shape index (κ2) is 3.23. The fraction of sp³-hybridized carbons (Fsp3) is 0. The lowest BCUT2D eigenvalue weighted by Crippen LogP contribution is -1.80. The zero-order valence-corrected chi connectivity index (χ0v) is 7.82. The van der Waals surface area contributed by atoms with Gasteiger partial charge in [-0.3, -0.25) is 0 Å². The summed E-state index contributed by atoms with van der Waals surface area (Å²) in [5.41, 5.74) is 6.12. The van der Waals surface area contributed by atoms with E-state index in [1.165, 1.54) is 6.07 Å². The maximum Gasteiger partial charge on any atom is 0.169 e. The Hall–Kier alpha value is -1.68. The van der Waals surface area contributed by atoms with E-state index in [0.717, 1.165) is 5.56 Å². The summed E-state index contributed by atoms with van der Waals surface area (Å²) in [7, 11) is 0. The number of hydrogen-bond donors (Lipinski definition) is 2. The first-order valence-electron chi connectivity index (χ1n) is 3.88. The number of nitrogens with two attached hydrogens (primary N) is 1. The highest BCUT2D eigenvalue weighted by molar-refractivity contribution is 6.32. The summed E-state index contributed by atoms with van der Waals surface area (Å²) in [6.07, 6.45) is 0. The van der Waals surface area contributed by atoms with E-state index in [0.29, 0.717) is 11.6 Å². The van der Waals surface area contributed by atoms with Crippen LogP contribution in [0, 0.1) is 0 Å². The third kappa shape index (κ3) is 1.52. The molecule has 0 aliphatic carbocycles. The number of rotatable bonds is 1. The molecule has 0 bridgehead atoms. The van der Waals surface area contributed by atoms with Gasteiger partial charge in [-0.1, -0.05) is 16.8 Å². The molecule has 0 atom stereocenters. The fourth-order valence-corrected chi connectivity index (χ4v) is 1.27. The van der Waals surface area contributed by atoms with Crippen molar-refractivity contribution in [2.45, 2.75) is 0 Å². The Bertz CT molecular complexity index is 468. The number of nitrogens with zero attached hydrogens (tertiary/aromatic N) is 1. The van der Waals surface area contributed by atoms with Gasteiger partial charge in [0.2, 0.25) is 0 Å². The Kier molecular flexibility index (Phi) is 2.05. The lowest BCUT2D eigenvalue weighted by Gasteiger charge is -1.98. The maximum absolute atomic E-state index is 9.19. The van der Waals surface area contributed by atoms with Crippen molar-refractivity contribution in [3.05, 3.63) is 29.3 Å². The summed E-state index contributed by atoms with van der Waals surface area (Å²) < 4.78 is 4.93. The van der Waals surface area contributed by atoms with Crippen LogP contribution in [0.15, 0.2) is 28.8 Å². The normalized spacial score (nSPS) is 10.4. The van der Waals surface area contributed by atoms with E-state index in [4.69, 9.17) is 21.9 Å². The minimum absolute atomic E-state index is 0.0305. The molecule has 2 aromatic rings. The van der Waals surface area contributed by atoms with Gasteiger partial charge in [0.05, 0.1) is 5.02 Å². The second-order valence-electron chi connectivity index (χ2n) is 2.78. The molecule has 2 rings (SSSR count). The van der Waals surface area contributed by atoms with E-state index in [-0.39, 0.29) is 10.8 Å². The second-order valence-corrected chi connectivity index (χ2v) is 3.19. The quantitative estimate of drug-likeness (QED) is 0.758. The molecular weight excluding hydrogens is 204 g/mol. The van der Waals surface area contributed by atoms with Crippen LogP contribution < -0.4 is 5.73 Å². The summed E-state index contributed by atoms with van der Waals surface area (Å²) in [4.78, 5) is 0. The molecule has 72 valence electrons. The molecule has 0 aliphatic rings. The van der Waals surface area contributed by atoms with Crippen LogP contribution in [-0.2, 0) is 0 Å². The van der Waals surface area contributed by atoms with E-state index >= 15 is 0 Å². The van der Waals surface area contributed by atoms with Gasteiger partial charge in [-0.15, -0.1) is 0 Å². The van der Waals surface area contributed by atoms with Gasteiger partial charge >= 0.3 is 0 Å². The van der Waals surface area contributed by atoms with Crippen molar-refractivity contribution in [3.8, 4) is 17.1 Å². The molecule has 14 heavy (non-hydrogen) atoms. The van der Waals surface area contributed by atoms with E-state index in [1.54, 1.807) is 18.2 Å². The zero-order valence-electron chi connectivity index (χ0n) is 7.07. The molecule has 0 saturated carbocycles. The molecule has 1 aromatic heterocycles. The summed E-state index contributed by atoms with van der Waals surface area (Å²) in [5.74, 6) is 0.858. The number of aromatic hydroxyl groups is 1. The molecule has 1 aromatic carbocycles. The van der Waals surface area contributed by atoms with Crippen LogP contribution in [0.2, 0.25) is 5.02 Å². The number of halogens is 1. The Morgan fingerprint density at radius 3 is 2.71 bits per heavy atom. The SMILES string of the molecule is Nc1cc(-c2ccc(O)c(Cl)c2)on1. The number of phenols is 1. The van der Waals surface area contributed by atoms with E-state index in [2.05, 4.69) is 5.16 Å². The third-order valence-corrected chi connectivity index (χ3v) is 2.06. The van der Waals surface area contributed by atoms with E-state index < -0.39 is 0 Å². The number of phenolic OH excluding ortho intramolecular Hbond substituents is 1. The highest BCUT2D eigenvalue weighted by Gasteiger charge is 2.06. The lowest BCUT2D eigenvalue weighted by atomic mass is 10.1. The van der Waals surface area contributed by atoms with Gasteiger partial charge in [0.15, 0.2) is 11.6 Å². The van der Waals surface area contributed by atoms with Gasteiger partial charge in [-0.25, -0.2) is 0 Å². The number of anilines is 1. The van der Waals surface area contributed by atoms with Crippen molar-refractivity contribution < 1.29 is 9.63 Å². The van der Waals surface area contributed by atoms with Crippen LogP contribution in [0.3, 0.4) is 0 Å².